The van der Waals surface area contributed by atoms with Crippen molar-refractivity contribution in [3.05, 3.63) is 0 Å². The number of esters is 2. The van der Waals surface area contributed by atoms with Gasteiger partial charge in [0.15, 0.2) is 6.10 Å². The van der Waals surface area contributed by atoms with Crippen molar-refractivity contribution in [3.63, 3.8) is 0 Å². The van der Waals surface area contributed by atoms with Crippen molar-refractivity contribution in [3.8, 4) is 0 Å². The van der Waals surface area contributed by atoms with Crippen LogP contribution in [0, 0.1) is 0 Å². The van der Waals surface area contributed by atoms with Gasteiger partial charge in [-0.1, -0.05) is 418 Å². The molecule has 0 aromatic carbocycles. The standard InChI is InChI=1S/C76H152NO8P/c1-3-5-7-9-11-13-15-17-19-21-23-25-27-29-31-33-35-36-37-39-41-43-45-47-49-51-53-55-57-59-61-63-65-67-69-76(79)85-74(73-84-86(80,81)83-71-70-77)72-82-75(78)68-66-64-62-60-58-56-54-52-50-48-46-44-42-40-38-34-32-30-28-26-24-22-20-18-16-14-12-10-8-6-4-2/h74H,3-73,77H2,1-2H3,(H,80,81). The van der Waals surface area contributed by atoms with Crippen LogP contribution in [0.5, 0.6) is 0 Å². The summed E-state index contributed by atoms with van der Waals surface area (Å²) >= 11 is 0. The number of carbonyl (C=O) groups excluding carboxylic acids is 2. The van der Waals surface area contributed by atoms with Crippen LogP contribution in [0.4, 0.5) is 0 Å². The molecule has 0 aromatic rings. The van der Waals surface area contributed by atoms with Crippen LogP contribution in [0.15, 0.2) is 0 Å². The number of rotatable bonds is 76. The third-order valence-corrected chi connectivity index (χ3v) is 19.2. The van der Waals surface area contributed by atoms with Crippen LogP contribution in [0.2, 0.25) is 0 Å². The second kappa shape index (κ2) is 73.1. The molecule has 0 fully saturated rings. The van der Waals surface area contributed by atoms with E-state index in [1.807, 2.05) is 0 Å². The molecule has 514 valence electrons. The van der Waals surface area contributed by atoms with Gasteiger partial charge in [0.05, 0.1) is 13.2 Å². The van der Waals surface area contributed by atoms with Crippen molar-refractivity contribution in [2.24, 2.45) is 5.73 Å². The van der Waals surface area contributed by atoms with Crippen LogP contribution in [-0.4, -0.2) is 49.3 Å². The second-order valence-electron chi connectivity index (χ2n) is 27.0. The first kappa shape index (κ1) is 85.0. The lowest BCUT2D eigenvalue weighted by Gasteiger charge is -2.19. The predicted octanol–water partition coefficient (Wildman–Crippen LogP) is 25.7. The number of nitrogens with two attached hydrogens (primary N) is 1. The molecule has 0 aliphatic heterocycles. The van der Waals surface area contributed by atoms with Crippen LogP contribution >= 0.6 is 7.82 Å². The molecular weight excluding hydrogens is 1090 g/mol. The van der Waals surface area contributed by atoms with E-state index in [4.69, 9.17) is 24.3 Å². The van der Waals surface area contributed by atoms with Gasteiger partial charge < -0.3 is 20.1 Å². The van der Waals surface area contributed by atoms with E-state index in [1.165, 1.54) is 379 Å². The SMILES string of the molecule is CCCCCCCCCCCCCCCCCCCCCCCCCCCCCCCCCCCCC(=O)OC(COC(=O)CCCCCCCCCCCCCCCCCCCCCCCCCCCCCCCCC)COP(=O)(O)OCCN. The Hall–Kier alpha value is -0.990. The number of phosphoric ester groups is 1. The van der Waals surface area contributed by atoms with E-state index in [-0.39, 0.29) is 32.1 Å². The van der Waals surface area contributed by atoms with Crippen molar-refractivity contribution >= 4 is 19.8 Å². The highest BCUT2D eigenvalue weighted by Crippen LogP contribution is 2.43. The molecule has 86 heavy (non-hydrogen) atoms. The van der Waals surface area contributed by atoms with Gasteiger partial charge in [-0.05, 0) is 12.8 Å². The summed E-state index contributed by atoms with van der Waals surface area (Å²) in [5.74, 6) is -0.795. The summed E-state index contributed by atoms with van der Waals surface area (Å²) < 4.78 is 33.3. The Balaban J connectivity index is 3.74. The molecule has 9 nitrogen and oxygen atoms in total. The van der Waals surface area contributed by atoms with Crippen LogP contribution in [-0.2, 0) is 32.7 Å². The number of hydrogen-bond donors (Lipinski definition) is 2. The molecule has 0 aromatic heterocycles. The van der Waals surface area contributed by atoms with Gasteiger partial charge in [-0.25, -0.2) is 4.57 Å². The highest BCUT2D eigenvalue weighted by atomic mass is 31.2. The molecule has 0 saturated heterocycles. The third kappa shape index (κ3) is 72.1. The largest absolute Gasteiger partial charge is 0.472 e. The minimum absolute atomic E-state index is 0.0589. The summed E-state index contributed by atoms with van der Waals surface area (Å²) in [6, 6.07) is 0. The average molecular weight is 1240 g/mol. The molecule has 0 aliphatic carbocycles. The minimum atomic E-state index is -4.39. The zero-order chi connectivity index (χ0) is 62.3. The molecule has 0 amide bonds. The Labute approximate surface area is 537 Å². The molecule has 10 heteroatoms. The van der Waals surface area contributed by atoms with Crippen molar-refractivity contribution in [1.82, 2.24) is 0 Å². The molecule has 0 heterocycles. The monoisotopic (exact) mass is 1240 g/mol. The van der Waals surface area contributed by atoms with Crippen LogP contribution in [0.25, 0.3) is 0 Å². The van der Waals surface area contributed by atoms with Gasteiger partial charge in [0.25, 0.3) is 0 Å². The van der Waals surface area contributed by atoms with Crippen molar-refractivity contribution in [1.29, 1.82) is 0 Å². The Kier molecular flexibility index (Phi) is 72.2. The quantitative estimate of drug-likeness (QED) is 0.0347. The maximum absolute atomic E-state index is 12.8. The summed E-state index contributed by atoms with van der Waals surface area (Å²) in [4.78, 5) is 35.4. The lowest BCUT2D eigenvalue weighted by Crippen LogP contribution is -2.29. The van der Waals surface area contributed by atoms with Gasteiger partial charge in [0.1, 0.15) is 6.61 Å². The number of phosphoric acid groups is 1. The Morgan fingerprint density at radius 3 is 0.709 bits per heavy atom. The first-order valence-corrected chi connectivity index (χ1v) is 40.5. The van der Waals surface area contributed by atoms with E-state index in [0.717, 1.165) is 32.1 Å². The van der Waals surface area contributed by atoms with Crippen molar-refractivity contribution in [2.45, 2.75) is 450 Å². The molecule has 3 N–H and O–H groups in total. The van der Waals surface area contributed by atoms with Gasteiger partial charge in [-0.15, -0.1) is 0 Å². The highest BCUT2D eigenvalue weighted by Gasteiger charge is 2.26. The van der Waals surface area contributed by atoms with Crippen LogP contribution < -0.4 is 5.73 Å². The fourth-order valence-electron chi connectivity index (χ4n) is 12.5. The summed E-state index contributed by atoms with van der Waals surface area (Å²) in [6.07, 6.45) is 88.2. The zero-order valence-electron chi connectivity index (χ0n) is 58.1. The van der Waals surface area contributed by atoms with E-state index < -0.39 is 26.5 Å². The molecule has 0 rings (SSSR count). The molecule has 0 saturated carbocycles. The zero-order valence-corrected chi connectivity index (χ0v) is 59.0. The molecule has 0 aliphatic rings. The number of ether oxygens (including phenoxy) is 2. The minimum Gasteiger partial charge on any atom is -0.462 e. The topological polar surface area (TPSA) is 134 Å². The van der Waals surface area contributed by atoms with Crippen LogP contribution in [0.3, 0.4) is 0 Å². The predicted molar refractivity (Wildman–Crippen MR) is 372 cm³/mol. The second-order valence-corrected chi connectivity index (χ2v) is 28.4. The summed E-state index contributed by atoms with van der Waals surface area (Å²) in [7, 11) is -4.39. The molecule has 2 atom stereocenters. The number of unbranched alkanes of at least 4 members (excludes halogenated alkanes) is 63. The van der Waals surface area contributed by atoms with E-state index in [9.17, 15) is 19.0 Å². The Bertz CT molecular complexity index is 1370. The van der Waals surface area contributed by atoms with Gasteiger partial charge >= 0.3 is 19.8 Å². The number of hydrogen-bond acceptors (Lipinski definition) is 8. The maximum Gasteiger partial charge on any atom is 0.472 e. The van der Waals surface area contributed by atoms with Gasteiger partial charge in [0.2, 0.25) is 0 Å². The number of carbonyl (C=O) groups is 2. The first-order chi connectivity index (χ1) is 42.3. The molecule has 0 bridgehead atoms. The Morgan fingerprint density at radius 2 is 0.500 bits per heavy atom. The molecule has 2 unspecified atom stereocenters. The summed E-state index contributed by atoms with van der Waals surface area (Å²) in [6.45, 7) is 3.86. The smallest absolute Gasteiger partial charge is 0.462 e. The lowest BCUT2D eigenvalue weighted by atomic mass is 10.0. The lowest BCUT2D eigenvalue weighted by molar-refractivity contribution is -0.161. The van der Waals surface area contributed by atoms with Crippen LogP contribution in [0.1, 0.15) is 444 Å². The van der Waals surface area contributed by atoms with E-state index in [0.29, 0.717) is 12.8 Å². The van der Waals surface area contributed by atoms with Crippen molar-refractivity contribution in [2.75, 3.05) is 26.4 Å². The summed E-state index contributed by atoms with van der Waals surface area (Å²) in [5, 5.41) is 0. The highest BCUT2D eigenvalue weighted by molar-refractivity contribution is 7.47. The average Bonchev–Trinajstić information content (AvgIpc) is 3.58. The summed E-state index contributed by atoms with van der Waals surface area (Å²) in [5.41, 5.74) is 5.41. The molecular formula is C76H152NO8P. The fourth-order valence-corrected chi connectivity index (χ4v) is 13.2. The normalized spacial score (nSPS) is 12.7. The van der Waals surface area contributed by atoms with E-state index in [1.54, 1.807) is 0 Å². The third-order valence-electron chi connectivity index (χ3n) is 18.2. The fraction of sp³-hybridized carbons (Fsp3) is 0.974. The van der Waals surface area contributed by atoms with Crippen molar-refractivity contribution < 1.29 is 37.6 Å². The molecule has 0 spiro atoms. The van der Waals surface area contributed by atoms with Gasteiger partial charge in [-0.2, -0.15) is 0 Å². The van der Waals surface area contributed by atoms with E-state index in [2.05, 4.69) is 13.8 Å². The maximum atomic E-state index is 12.8. The van der Waals surface area contributed by atoms with E-state index >= 15 is 0 Å². The van der Waals surface area contributed by atoms with Gasteiger partial charge in [0, 0.05) is 19.4 Å². The Morgan fingerprint density at radius 1 is 0.302 bits per heavy atom. The first-order valence-electron chi connectivity index (χ1n) is 39.0. The van der Waals surface area contributed by atoms with Gasteiger partial charge in [-0.3, -0.25) is 18.6 Å². The molecule has 0 radical (unpaired) electrons.